The number of aliphatic hydroxyl groups is 8. The van der Waals surface area contributed by atoms with Gasteiger partial charge in [0.25, 0.3) is 0 Å². The average molecular weight is 741 g/mol. The van der Waals surface area contributed by atoms with Gasteiger partial charge in [0, 0.05) is 18.9 Å². The Morgan fingerprint density at radius 3 is 2.33 bits per heavy atom. The second-order valence-corrected chi connectivity index (χ2v) is 18.2. The number of rotatable bonds is 9. The van der Waals surface area contributed by atoms with Gasteiger partial charge in [0.15, 0.2) is 18.4 Å². The number of hydrogen-bond donors (Lipinski definition) is 8. The third kappa shape index (κ3) is 6.45. The molecule has 4 aliphatic carbocycles. The summed E-state index contributed by atoms with van der Waals surface area (Å²) in [4.78, 5) is 0. The van der Waals surface area contributed by atoms with Gasteiger partial charge in [-0.05, 0) is 98.7 Å². The van der Waals surface area contributed by atoms with Crippen molar-refractivity contribution < 1.29 is 64.5 Å². The van der Waals surface area contributed by atoms with Gasteiger partial charge >= 0.3 is 0 Å². The van der Waals surface area contributed by atoms with E-state index in [1.165, 1.54) is 12.5 Å². The van der Waals surface area contributed by atoms with Crippen LogP contribution >= 0.6 is 0 Å². The average Bonchev–Trinajstić information content (AvgIpc) is 3.56. The molecule has 13 heteroatoms. The molecule has 52 heavy (non-hydrogen) atoms. The molecule has 0 spiro atoms. The summed E-state index contributed by atoms with van der Waals surface area (Å²) < 4.78 is 30.2. The predicted octanol–water partition coefficient (Wildman–Crippen LogP) is 1.34. The molecular weight excluding hydrogens is 676 g/mol. The van der Waals surface area contributed by atoms with Crippen molar-refractivity contribution in [3.63, 3.8) is 0 Å². The fraction of sp³-hybridized carbons (Fsp3) is 0.949. The topological polar surface area (TPSA) is 208 Å². The van der Waals surface area contributed by atoms with Crippen LogP contribution < -0.4 is 0 Å². The predicted molar refractivity (Wildman–Crippen MR) is 185 cm³/mol. The first-order chi connectivity index (χ1) is 24.6. The summed E-state index contributed by atoms with van der Waals surface area (Å²) in [5.74, 6) is 0.891. The summed E-state index contributed by atoms with van der Waals surface area (Å²) in [5, 5.41) is 84.4. The molecule has 3 saturated heterocycles. The third-order valence-corrected chi connectivity index (χ3v) is 15.3. The van der Waals surface area contributed by atoms with Gasteiger partial charge < -0.3 is 64.5 Å². The van der Waals surface area contributed by atoms with Crippen LogP contribution in [0.25, 0.3) is 0 Å². The standard InChI is InChI=1S/C39H64O13/c1-18(16-40)8-13-39(47)19(2)28-26(52-39)15-25-23-7-6-21-14-22(9-11-37(21,4)24(23)10-12-38(25,28)5)49-36-33(46)34(30(43)27(17-41)50-36)51-35-32(45)31(44)29(42)20(3)48-35/h6,18-20,22-36,40-47H,7-17H2,1-5H3. The second-order valence-electron chi connectivity index (χ2n) is 18.2. The number of allylic oxidation sites excluding steroid dienone is 1. The van der Waals surface area contributed by atoms with Gasteiger partial charge in [-0.2, -0.15) is 0 Å². The van der Waals surface area contributed by atoms with Crippen molar-refractivity contribution in [1.82, 2.24) is 0 Å². The molecule has 0 aromatic rings. The van der Waals surface area contributed by atoms with Crippen LogP contribution in [-0.2, 0) is 23.7 Å². The monoisotopic (exact) mass is 740 g/mol. The molecule has 13 nitrogen and oxygen atoms in total. The lowest BCUT2D eigenvalue weighted by Gasteiger charge is -2.58. The van der Waals surface area contributed by atoms with E-state index < -0.39 is 73.8 Å². The van der Waals surface area contributed by atoms with E-state index >= 15 is 0 Å². The van der Waals surface area contributed by atoms with Crippen molar-refractivity contribution in [3.05, 3.63) is 11.6 Å². The molecule has 3 heterocycles. The first-order valence-electron chi connectivity index (χ1n) is 19.9. The van der Waals surface area contributed by atoms with Crippen LogP contribution in [0.2, 0.25) is 0 Å². The Balaban J connectivity index is 1.01. The van der Waals surface area contributed by atoms with Crippen molar-refractivity contribution in [2.75, 3.05) is 13.2 Å². The largest absolute Gasteiger partial charge is 0.396 e. The summed E-state index contributed by atoms with van der Waals surface area (Å²) in [7, 11) is 0. The van der Waals surface area contributed by atoms with E-state index in [0.29, 0.717) is 36.5 Å². The molecule has 7 aliphatic rings. The summed E-state index contributed by atoms with van der Waals surface area (Å²) in [6, 6.07) is 0. The fourth-order valence-electron chi connectivity index (χ4n) is 12.1. The van der Waals surface area contributed by atoms with Gasteiger partial charge in [0.2, 0.25) is 0 Å². The molecule has 21 atom stereocenters. The van der Waals surface area contributed by atoms with Crippen LogP contribution in [0.15, 0.2) is 11.6 Å². The van der Waals surface area contributed by atoms with E-state index in [1.807, 2.05) is 6.92 Å². The van der Waals surface area contributed by atoms with Gasteiger partial charge in [-0.3, -0.25) is 0 Å². The van der Waals surface area contributed by atoms with Crippen molar-refractivity contribution in [2.45, 2.75) is 172 Å². The van der Waals surface area contributed by atoms with E-state index in [4.69, 9.17) is 23.7 Å². The summed E-state index contributed by atoms with van der Waals surface area (Å²) in [6.07, 6.45) is -3.62. The lowest BCUT2D eigenvalue weighted by molar-refractivity contribution is -0.361. The van der Waals surface area contributed by atoms with E-state index in [0.717, 1.165) is 44.9 Å². The summed E-state index contributed by atoms with van der Waals surface area (Å²) in [6.45, 7) is 10.1. The molecular formula is C39H64O13. The minimum atomic E-state index is -1.63. The number of aliphatic hydroxyl groups excluding tert-OH is 7. The maximum Gasteiger partial charge on any atom is 0.187 e. The SMILES string of the molecule is CC(CO)CCC1(O)OC2CC3C4CC=C5CC(OC6OC(CO)C(O)C(OC7OC(C)C(O)C(O)C7O)C6O)CCC5(C)C4CCC3(C)C2C1C. The number of ether oxygens (including phenoxy) is 5. The molecule has 7 rings (SSSR count). The van der Waals surface area contributed by atoms with Crippen LogP contribution in [0, 0.1) is 46.3 Å². The molecule has 0 amide bonds. The zero-order chi connectivity index (χ0) is 37.5. The molecule has 6 fully saturated rings. The maximum absolute atomic E-state index is 11.7. The lowest BCUT2D eigenvalue weighted by atomic mass is 9.47. The quantitative estimate of drug-likeness (QED) is 0.157. The van der Waals surface area contributed by atoms with Crippen LogP contribution in [0.5, 0.6) is 0 Å². The lowest BCUT2D eigenvalue weighted by Crippen LogP contribution is -2.64. The number of fused-ring (bicyclic) bond motifs is 7. The minimum Gasteiger partial charge on any atom is -0.396 e. The van der Waals surface area contributed by atoms with Crippen molar-refractivity contribution in [3.8, 4) is 0 Å². The normalized spacial score (nSPS) is 55.2. The summed E-state index contributed by atoms with van der Waals surface area (Å²) in [5.41, 5.74) is 1.46. The van der Waals surface area contributed by atoms with Crippen LogP contribution in [-0.4, -0.2) is 133 Å². The molecule has 0 bridgehead atoms. The first-order valence-corrected chi connectivity index (χ1v) is 19.9. The highest BCUT2D eigenvalue weighted by molar-refractivity contribution is 5.26. The van der Waals surface area contributed by atoms with E-state index in [2.05, 4.69) is 26.8 Å². The maximum atomic E-state index is 11.7. The molecule has 0 aromatic carbocycles. The van der Waals surface area contributed by atoms with Crippen molar-refractivity contribution >= 4 is 0 Å². The Labute approximate surface area is 307 Å². The second kappa shape index (κ2) is 14.6. The highest BCUT2D eigenvalue weighted by atomic mass is 16.7. The van der Waals surface area contributed by atoms with Crippen LogP contribution in [0.3, 0.4) is 0 Å². The van der Waals surface area contributed by atoms with E-state index in [1.54, 1.807) is 0 Å². The van der Waals surface area contributed by atoms with Crippen molar-refractivity contribution in [1.29, 1.82) is 0 Å². The molecule has 0 aromatic heterocycles. The van der Waals surface area contributed by atoms with Gasteiger partial charge in [-0.25, -0.2) is 0 Å². The van der Waals surface area contributed by atoms with Crippen LogP contribution in [0.4, 0.5) is 0 Å². The number of hydrogen-bond acceptors (Lipinski definition) is 13. The minimum absolute atomic E-state index is 0.00746. The molecule has 21 unspecified atom stereocenters. The molecule has 3 aliphatic heterocycles. The van der Waals surface area contributed by atoms with Gasteiger partial charge in [0.05, 0.1) is 24.9 Å². The highest BCUT2D eigenvalue weighted by Crippen LogP contribution is 2.70. The Hall–Kier alpha value is -0.780. The molecule has 3 saturated carbocycles. The molecule has 8 N–H and O–H groups in total. The first kappa shape index (κ1) is 39.5. The highest BCUT2D eigenvalue weighted by Gasteiger charge is 2.68. The smallest absolute Gasteiger partial charge is 0.187 e. The molecule has 0 radical (unpaired) electrons. The van der Waals surface area contributed by atoms with E-state index in [9.17, 15) is 40.9 Å². The molecule has 298 valence electrons. The third-order valence-electron chi connectivity index (χ3n) is 15.3. The van der Waals surface area contributed by atoms with Gasteiger partial charge in [-0.15, -0.1) is 0 Å². The van der Waals surface area contributed by atoms with Crippen molar-refractivity contribution in [2.24, 2.45) is 46.3 Å². The Bertz CT molecular complexity index is 1300. The summed E-state index contributed by atoms with van der Waals surface area (Å²) >= 11 is 0. The Morgan fingerprint density at radius 1 is 0.885 bits per heavy atom. The van der Waals surface area contributed by atoms with E-state index in [-0.39, 0.29) is 41.5 Å². The Morgan fingerprint density at radius 2 is 1.62 bits per heavy atom. The van der Waals surface area contributed by atoms with Gasteiger partial charge in [0.1, 0.15) is 42.7 Å². The zero-order valence-corrected chi connectivity index (χ0v) is 31.4. The van der Waals surface area contributed by atoms with Crippen LogP contribution in [0.1, 0.15) is 92.4 Å². The fourth-order valence-corrected chi connectivity index (χ4v) is 12.1. The van der Waals surface area contributed by atoms with Gasteiger partial charge in [-0.1, -0.05) is 39.3 Å². The Kier molecular flexibility index (Phi) is 11.1. The zero-order valence-electron chi connectivity index (χ0n) is 31.4.